The molecule has 2 aromatic rings. The molecule has 1 aliphatic heterocycles. The number of amides is 1. The lowest BCUT2D eigenvalue weighted by molar-refractivity contribution is -0.116. The summed E-state index contributed by atoms with van der Waals surface area (Å²) in [6, 6.07) is 0. The fourth-order valence-corrected chi connectivity index (χ4v) is 3.01. The predicted molar refractivity (Wildman–Crippen MR) is 88.7 cm³/mol. The second-order valence-corrected chi connectivity index (χ2v) is 6.29. The summed E-state index contributed by atoms with van der Waals surface area (Å²) < 4.78 is 12.7. The number of carbonyl (C=O) groups excluding carboxylic acids is 1. The first-order chi connectivity index (χ1) is 11.6. The van der Waals surface area contributed by atoms with Gasteiger partial charge in [0, 0.05) is 24.8 Å². The van der Waals surface area contributed by atoms with Gasteiger partial charge in [-0.15, -0.1) is 0 Å². The Bertz CT molecular complexity index is 666. The lowest BCUT2D eigenvalue weighted by atomic mass is 10.1. The average Bonchev–Trinajstić information content (AvgIpc) is 3.13. The van der Waals surface area contributed by atoms with Crippen LogP contribution in [0.4, 0.5) is 5.69 Å². The van der Waals surface area contributed by atoms with E-state index in [0.717, 1.165) is 48.7 Å². The number of hydrogen-bond acceptors (Lipinski definition) is 5. The maximum Gasteiger partial charge on any atom is 0.224 e. The van der Waals surface area contributed by atoms with E-state index >= 15 is 0 Å². The van der Waals surface area contributed by atoms with E-state index in [0.29, 0.717) is 12.8 Å². The van der Waals surface area contributed by atoms with Crippen LogP contribution in [0, 0.1) is 13.8 Å². The molecular weight excluding hydrogens is 308 g/mol. The Morgan fingerprint density at radius 3 is 3.00 bits per heavy atom. The quantitative estimate of drug-likeness (QED) is 0.879. The summed E-state index contributed by atoms with van der Waals surface area (Å²) in [6.07, 6.45) is 8.18. The number of nitrogens with zero attached hydrogens (tertiary/aromatic N) is 3. The predicted octanol–water partition coefficient (Wildman–Crippen LogP) is 2.63. The van der Waals surface area contributed by atoms with E-state index in [-0.39, 0.29) is 12.0 Å². The Balaban J connectivity index is 1.48. The van der Waals surface area contributed by atoms with Gasteiger partial charge in [0.2, 0.25) is 5.91 Å². The third-order valence-corrected chi connectivity index (χ3v) is 4.36. The van der Waals surface area contributed by atoms with E-state index in [1.54, 1.807) is 6.20 Å². The Kier molecular flexibility index (Phi) is 5.30. The topological polar surface area (TPSA) is 82.2 Å². The fourth-order valence-electron chi connectivity index (χ4n) is 3.01. The molecule has 0 bridgehead atoms. The van der Waals surface area contributed by atoms with Crippen LogP contribution in [-0.4, -0.2) is 33.6 Å². The van der Waals surface area contributed by atoms with Crippen molar-refractivity contribution in [2.24, 2.45) is 0 Å². The van der Waals surface area contributed by atoms with Crippen molar-refractivity contribution in [2.45, 2.75) is 58.6 Å². The van der Waals surface area contributed by atoms with Gasteiger partial charge in [-0.3, -0.25) is 9.48 Å². The van der Waals surface area contributed by atoms with Gasteiger partial charge in [0.05, 0.1) is 30.2 Å². The molecule has 1 saturated heterocycles. The van der Waals surface area contributed by atoms with Gasteiger partial charge in [-0.05, 0) is 39.5 Å². The number of nitrogens with one attached hydrogen (secondary N) is 1. The highest BCUT2D eigenvalue weighted by Crippen LogP contribution is 2.17. The number of aryl methyl sites for hydroxylation is 2. The SMILES string of the molecule is Cc1noc(C)c1CCC(=O)Nc1cnn(CC2CCCCO2)c1. The molecule has 0 spiro atoms. The summed E-state index contributed by atoms with van der Waals surface area (Å²) in [5.41, 5.74) is 2.57. The summed E-state index contributed by atoms with van der Waals surface area (Å²) in [5, 5.41) is 11.1. The number of hydrogen-bond donors (Lipinski definition) is 1. The number of rotatable bonds is 6. The lowest BCUT2D eigenvalue weighted by Crippen LogP contribution is -2.24. The van der Waals surface area contributed by atoms with Crippen molar-refractivity contribution in [3.05, 3.63) is 29.4 Å². The summed E-state index contributed by atoms with van der Waals surface area (Å²) in [4.78, 5) is 12.1. The molecule has 24 heavy (non-hydrogen) atoms. The van der Waals surface area contributed by atoms with Crippen LogP contribution in [-0.2, 0) is 22.5 Å². The molecule has 1 fully saturated rings. The van der Waals surface area contributed by atoms with Gasteiger partial charge >= 0.3 is 0 Å². The van der Waals surface area contributed by atoms with E-state index < -0.39 is 0 Å². The van der Waals surface area contributed by atoms with Crippen molar-refractivity contribution in [3.8, 4) is 0 Å². The number of ether oxygens (including phenoxy) is 1. The van der Waals surface area contributed by atoms with E-state index in [9.17, 15) is 4.79 Å². The Morgan fingerprint density at radius 1 is 1.42 bits per heavy atom. The summed E-state index contributed by atoms with van der Waals surface area (Å²) in [5.74, 6) is 0.740. The lowest BCUT2D eigenvalue weighted by Gasteiger charge is -2.22. The highest BCUT2D eigenvalue weighted by molar-refractivity contribution is 5.90. The number of anilines is 1. The first-order valence-corrected chi connectivity index (χ1v) is 8.47. The smallest absolute Gasteiger partial charge is 0.224 e. The van der Waals surface area contributed by atoms with Crippen LogP contribution < -0.4 is 5.32 Å². The van der Waals surface area contributed by atoms with Crippen molar-refractivity contribution in [2.75, 3.05) is 11.9 Å². The van der Waals surface area contributed by atoms with Gasteiger partial charge in [0.15, 0.2) is 0 Å². The van der Waals surface area contributed by atoms with Gasteiger partial charge in [-0.25, -0.2) is 0 Å². The molecule has 1 N–H and O–H groups in total. The van der Waals surface area contributed by atoms with Crippen molar-refractivity contribution < 1.29 is 14.1 Å². The summed E-state index contributed by atoms with van der Waals surface area (Å²) in [7, 11) is 0. The van der Waals surface area contributed by atoms with Crippen LogP contribution in [0.1, 0.15) is 42.7 Å². The van der Waals surface area contributed by atoms with E-state index in [2.05, 4.69) is 15.6 Å². The molecule has 130 valence electrons. The molecule has 0 saturated carbocycles. The summed E-state index contributed by atoms with van der Waals surface area (Å²) in [6.45, 7) is 5.32. The molecular formula is C17H24N4O3. The monoisotopic (exact) mass is 332 g/mol. The third kappa shape index (κ3) is 4.23. The highest BCUT2D eigenvalue weighted by Gasteiger charge is 2.15. The molecule has 2 aromatic heterocycles. The van der Waals surface area contributed by atoms with Crippen LogP contribution in [0.5, 0.6) is 0 Å². The Hall–Kier alpha value is -2.15. The van der Waals surface area contributed by atoms with Crippen LogP contribution in [0.3, 0.4) is 0 Å². The average molecular weight is 332 g/mol. The Labute approximate surface area is 141 Å². The molecule has 1 aliphatic rings. The highest BCUT2D eigenvalue weighted by atomic mass is 16.5. The van der Waals surface area contributed by atoms with E-state index in [1.807, 2.05) is 24.7 Å². The zero-order chi connectivity index (χ0) is 16.9. The second kappa shape index (κ2) is 7.61. The molecule has 1 amide bonds. The largest absolute Gasteiger partial charge is 0.376 e. The molecule has 0 radical (unpaired) electrons. The fraction of sp³-hybridized carbons (Fsp3) is 0.588. The molecule has 3 heterocycles. The molecule has 0 aliphatic carbocycles. The van der Waals surface area contributed by atoms with Gasteiger partial charge in [-0.2, -0.15) is 5.10 Å². The van der Waals surface area contributed by atoms with Crippen LogP contribution >= 0.6 is 0 Å². The van der Waals surface area contributed by atoms with Gasteiger partial charge < -0.3 is 14.6 Å². The normalized spacial score (nSPS) is 17.8. The minimum atomic E-state index is -0.0385. The molecule has 1 atom stereocenters. The molecule has 7 nitrogen and oxygen atoms in total. The van der Waals surface area contributed by atoms with Crippen LogP contribution in [0.2, 0.25) is 0 Å². The second-order valence-electron chi connectivity index (χ2n) is 6.29. The maximum atomic E-state index is 12.1. The van der Waals surface area contributed by atoms with Gasteiger partial charge in [0.1, 0.15) is 5.76 Å². The van der Waals surface area contributed by atoms with Crippen molar-refractivity contribution in [1.29, 1.82) is 0 Å². The minimum absolute atomic E-state index is 0.0385. The Morgan fingerprint density at radius 2 is 2.29 bits per heavy atom. The zero-order valence-corrected chi connectivity index (χ0v) is 14.2. The molecule has 0 aromatic carbocycles. The number of aromatic nitrogens is 3. The van der Waals surface area contributed by atoms with E-state index in [1.165, 1.54) is 6.42 Å². The third-order valence-electron chi connectivity index (χ3n) is 4.36. The standard InChI is InChI=1S/C17H24N4O3/c1-12-16(13(2)24-20-12)6-7-17(22)19-14-9-18-21(10-14)11-15-5-3-4-8-23-15/h9-10,15H,3-8,11H2,1-2H3,(H,19,22). The minimum Gasteiger partial charge on any atom is -0.376 e. The number of carbonyl (C=O) groups is 1. The summed E-state index contributed by atoms with van der Waals surface area (Å²) >= 11 is 0. The molecule has 3 rings (SSSR count). The first-order valence-electron chi connectivity index (χ1n) is 8.47. The van der Waals surface area contributed by atoms with Crippen molar-refractivity contribution in [1.82, 2.24) is 14.9 Å². The van der Waals surface area contributed by atoms with Crippen molar-refractivity contribution in [3.63, 3.8) is 0 Å². The first kappa shape index (κ1) is 16.7. The van der Waals surface area contributed by atoms with Crippen molar-refractivity contribution >= 4 is 11.6 Å². The zero-order valence-electron chi connectivity index (χ0n) is 14.2. The van der Waals surface area contributed by atoms with Gasteiger partial charge in [0.25, 0.3) is 0 Å². The van der Waals surface area contributed by atoms with Crippen LogP contribution in [0.15, 0.2) is 16.9 Å². The van der Waals surface area contributed by atoms with Crippen LogP contribution in [0.25, 0.3) is 0 Å². The van der Waals surface area contributed by atoms with E-state index in [4.69, 9.17) is 9.26 Å². The van der Waals surface area contributed by atoms with Gasteiger partial charge in [-0.1, -0.05) is 5.16 Å². The molecule has 1 unspecified atom stereocenters. The maximum absolute atomic E-state index is 12.1. The molecule has 7 heteroatoms.